The zero-order valence-electron chi connectivity index (χ0n) is 10.2. The van der Waals surface area contributed by atoms with E-state index in [0.29, 0.717) is 12.8 Å². The zero-order valence-corrected chi connectivity index (χ0v) is 10.2. The Hall–Kier alpha value is -0.660. The van der Waals surface area contributed by atoms with Gasteiger partial charge in [0.05, 0.1) is 0 Å². The predicted octanol–water partition coefficient (Wildman–Crippen LogP) is 3.00. The van der Waals surface area contributed by atoms with Crippen LogP contribution in [0, 0.1) is 10.8 Å². The lowest BCUT2D eigenvalue weighted by Crippen LogP contribution is -2.35. The van der Waals surface area contributed by atoms with E-state index in [4.69, 9.17) is 0 Å². The normalized spacial score (nSPS) is 12.7. The van der Waals surface area contributed by atoms with Gasteiger partial charge in [0.2, 0.25) is 0 Å². The molecule has 0 bridgehead atoms. The summed E-state index contributed by atoms with van der Waals surface area (Å²) < 4.78 is 0. The third-order valence-corrected chi connectivity index (χ3v) is 3.21. The molecule has 0 fully saturated rings. The fourth-order valence-electron chi connectivity index (χ4n) is 1.72. The van der Waals surface area contributed by atoms with E-state index in [0.717, 1.165) is 0 Å². The van der Waals surface area contributed by atoms with Gasteiger partial charge in [-0.2, -0.15) is 0 Å². The van der Waals surface area contributed by atoms with Crippen molar-refractivity contribution in [3.05, 3.63) is 0 Å². The Morgan fingerprint density at radius 2 is 1.00 bits per heavy atom. The van der Waals surface area contributed by atoms with Crippen LogP contribution in [0.25, 0.3) is 0 Å². The van der Waals surface area contributed by atoms with Gasteiger partial charge in [0.1, 0.15) is 11.6 Å². The van der Waals surface area contributed by atoms with Crippen LogP contribution in [0.2, 0.25) is 0 Å². The Bertz CT molecular complexity index is 211. The molecule has 0 radical (unpaired) electrons. The van der Waals surface area contributed by atoms with Crippen molar-refractivity contribution in [2.24, 2.45) is 10.8 Å². The SMILES string of the molecule is CC(=O)CC(C)(C)C(C)(C)CC(C)=O. The van der Waals surface area contributed by atoms with Crippen LogP contribution in [0.3, 0.4) is 0 Å². The number of carbonyl (C=O) groups excluding carboxylic acids is 2. The van der Waals surface area contributed by atoms with Crippen LogP contribution in [0.1, 0.15) is 54.4 Å². The molecule has 0 aromatic heterocycles. The molecule has 2 heteroatoms. The lowest BCUT2D eigenvalue weighted by Gasteiger charge is -2.40. The second-order valence-corrected chi connectivity index (χ2v) is 5.53. The average Bonchev–Trinajstić information content (AvgIpc) is 1.78. The highest BCUT2D eigenvalue weighted by Crippen LogP contribution is 2.44. The molecule has 0 aromatic rings. The molecule has 0 rings (SSSR count). The summed E-state index contributed by atoms with van der Waals surface area (Å²) in [4.78, 5) is 22.2. The van der Waals surface area contributed by atoms with Crippen LogP contribution in [-0.4, -0.2) is 11.6 Å². The lowest BCUT2D eigenvalue weighted by atomic mass is 9.63. The van der Waals surface area contributed by atoms with Crippen molar-refractivity contribution in [3.63, 3.8) is 0 Å². The molecule has 0 aliphatic rings. The van der Waals surface area contributed by atoms with Gasteiger partial charge in [-0.15, -0.1) is 0 Å². The van der Waals surface area contributed by atoms with Crippen molar-refractivity contribution in [3.8, 4) is 0 Å². The quantitative estimate of drug-likeness (QED) is 0.680. The summed E-state index contributed by atoms with van der Waals surface area (Å²) in [5.41, 5.74) is -0.241. The molecule has 0 atom stereocenters. The van der Waals surface area contributed by atoms with Crippen LogP contribution in [0.15, 0.2) is 0 Å². The highest BCUT2D eigenvalue weighted by Gasteiger charge is 2.38. The fraction of sp³-hybridized carbons (Fsp3) is 0.833. The summed E-state index contributed by atoms with van der Waals surface area (Å²) in [6.07, 6.45) is 1.07. The number of ketones is 2. The summed E-state index contributed by atoms with van der Waals surface area (Å²) in [5.74, 6) is 0.373. The number of hydrogen-bond donors (Lipinski definition) is 0. The van der Waals surface area contributed by atoms with Crippen molar-refractivity contribution in [1.29, 1.82) is 0 Å². The molecule has 2 nitrogen and oxygen atoms in total. The van der Waals surface area contributed by atoms with E-state index in [9.17, 15) is 9.59 Å². The number of carbonyl (C=O) groups is 2. The Kier molecular flexibility index (Phi) is 4.04. The molecule has 0 amide bonds. The summed E-state index contributed by atoms with van der Waals surface area (Å²) in [7, 11) is 0. The minimum atomic E-state index is -0.121. The lowest BCUT2D eigenvalue weighted by molar-refractivity contribution is -0.125. The smallest absolute Gasteiger partial charge is 0.130 e. The van der Waals surface area contributed by atoms with Gasteiger partial charge in [-0.25, -0.2) is 0 Å². The molecule has 14 heavy (non-hydrogen) atoms. The molecule has 0 saturated carbocycles. The largest absolute Gasteiger partial charge is 0.300 e. The number of hydrogen-bond acceptors (Lipinski definition) is 2. The van der Waals surface area contributed by atoms with Crippen molar-refractivity contribution in [2.45, 2.75) is 54.4 Å². The maximum Gasteiger partial charge on any atom is 0.130 e. The molecule has 0 aliphatic heterocycles. The van der Waals surface area contributed by atoms with E-state index in [1.54, 1.807) is 13.8 Å². The Balaban J connectivity index is 4.67. The van der Waals surface area contributed by atoms with Crippen molar-refractivity contribution >= 4 is 11.6 Å². The predicted molar refractivity (Wildman–Crippen MR) is 58.2 cm³/mol. The van der Waals surface area contributed by atoms with E-state index >= 15 is 0 Å². The second-order valence-electron chi connectivity index (χ2n) is 5.53. The maximum absolute atomic E-state index is 11.1. The second kappa shape index (κ2) is 4.24. The third kappa shape index (κ3) is 3.60. The topological polar surface area (TPSA) is 34.1 Å². The fourth-order valence-corrected chi connectivity index (χ4v) is 1.72. The Labute approximate surface area is 87.1 Å². The van der Waals surface area contributed by atoms with Gasteiger partial charge in [0.15, 0.2) is 0 Å². The van der Waals surface area contributed by atoms with Crippen molar-refractivity contribution in [1.82, 2.24) is 0 Å². The van der Waals surface area contributed by atoms with E-state index in [1.807, 2.05) is 0 Å². The molecule has 0 spiro atoms. The first kappa shape index (κ1) is 13.3. The summed E-state index contributed by atoms with van der Waals surface area (Å²) in [6.45, 7) is 11.4. The standard InChI is InChI=1S/C12H22O2/c1-9(13)7-11(3,4)12(5,6)8-10(2)14/h7-8H2,1-6H3. The van der Waals surface area contributed by atoms with Gasteiger partial charge in [-0.1, -0.05) is 27.7 Å². The van der Waals surface area contributed by atoms with Gasteiger partial charge in [0.25, 0.3) is 0 Å². The molecule has 0 heterocycles. The van der Waals surface area contributed by atoms with Gasteiger partial charge in [-0.3, -0.25) is 0 Å². The summed E-state index contributed by atoms with van der Waals surface area (Å²) in [6, 6.07) is 0. The van der Waals surface area contributed by atoms with Crippen LogP contribution in [0.5, 0.6) is 0 Å². The monoisotopic (exact) mass is 198 g/mol. The van der Waals surface area contributed by atoms with Crippen LogP contribution >= 0.6 is 0 Å². The number of rotatable bonds is 5. The van der Waals surface area contributed by atoms with E-state index in [1.165, 1.54) is 0 Å². The molecule has 0 N–H and O–H groups in total. The van der Waals surface area contributed by atoms with Gasteiger partial charge >= 0.3 is 0 Å². The van der Waals surface area contributed by atoms with Gasteiger partial charge < -0.3 is 9.59 Å². The minimum Gasteiger partial charge on any atom is -0.300 e. The molecule has 0 aliphatic carbocycles. The number of Topliss-reactive ketones (excluding diaryl/α,β-unsaturated/α-hetero) is 2. The Morgan fingerprint density at radius 1 is 0.786 bits per heavy atom. The van der Waals surface area contributed by atoms with E-state index < -0.39 is 0 Å². The first-order chi connectivity index (χ1) is 6.08. The Morgan fingerprint density at radius 3 is 1.14 bits per heavy atom. The summed E-state index contributed by atoms with van der Waals surface area (Å²) >= 11 is 0. The van der Waals surface area contributed by atoms with Crippen molar-refractivity contribution in [2.75, 3.05) is 0 Å². The molecule has 82 valence electrons. The van der Waals surface area contributed by atoms with E-state index in [-0.39, 0.29) is 22.4 Å². The summed E-state index contributed by atoms with van der Waals surface area (Å²) in [5, 5.41) is 0. The van der Waals surface area contributed by atoms with Crippen LogP contribution in [-0.2, 0) is 9.59 Å². The highest BCUT2D eigenvalue weighted by atomic mass is 16.1. The van der Waals surface area contributed by atoms with Crippen LogP contribution in [0.4, 0.5) is 0 Å². The maximum atomic E-state index is 11.1. The minimum absolute atomic E-state index is 0.121. The molecule has 0 saturated heterocycles. The van der Waals surface area contributed by atoms with Crippen LogP contribution < -0.4 is 0 Å². The molecule has 0 unspecified atom stereocenters. The van der Waals surface area contributed by atoms with Gasteiger partial charge in [0, 0.05) is 12.8 Å². The third-order valence-electron chi connectivity index (χ3n) is 3.21. The average molecular weight is 198 g/mol. The molecule has 0 aromatic carbocycles. The highest BCUT2D eigenvalue weighted by molar-refractivity contribution is 5.78. The molecular formula is C12H22O2. The van der Waals surface area contributed by atoms with Gasteiger partial charge in [-0.05, 0) is 24.7 Å². The zero-order chi connectivity index (χ0) is 11.6. The molecular weight excluding hydrogens is 176 g/mol. The van der Waals surface area contributed by atoms with E-state index in [2.05, 4.69) is 27.7 Å². The first-order valence-electron chi connectivity index (χ1n) is 5.07. The first-order valence-corrected chi connectivity index (χ1v) is 5.07. The van der Waals surface area contributed by atoms with Crippen molar-refractivity contribution < 1.29 is 9.59 Å².